The molecule has 112 valence electrons. The van der Waals surface area contributed by atoms with Crippen LogP contribution in [0.4, 0.5) is 15.8 Å². The van der Waals surface area contributed by atoms with Gasteiger partial charge in [0.2, 0.25) is 0 Å². The number of halogens is 4. The Morgan fingerprint density at radius 3 is 2.24 bits per heavy atom. The number of anilines is 2. The van der Waals surface area contributed by atoms with Crippen molar-refractivity contribution in [2.24, 2.45) is 0 Å². The van der Waals surface area contributed by atoms with Crippen molar-refractivity contribution >= 4 is 56.2 Å². The second-order valence-corrected chi connectivity index (χ2v) is 6.94. The second kappa shape index (κ2) is 5.88. The molecule has 0 bridgehead atoms. The molecule has 0 spiro atoms. The van der Waals surface area contributed by atoms with E-state index in [1.54, 1.807) is 0 Å². The molecule has 2 rings (SSSR count). The van der Waals surface area contributed by atoms with E-state index >= 15 is 0 Å². The van der Waals surface area contributed by atoms with Gasteiger partial charge in [0.1, 0.15) is 5.82 Å². The molecule has 0 aliphatic heterocycles. The van der Waals surface area contributed by atoms with E-state index in [4.69, 9.17) is 40.5 Å². The van der Waals surface area contributed by atoms with E-state index in [0.717, 1.165) is 12.1 Å². The van der Waals surface area contributed by atoms with Gasteiger partial charge in [-0.1, -0.05) is 34.8 Å². The number of rotatable bonds is 3. The highest BCUT2D eigenvalue weighted by Crippen LogP contribution is 2.33. The van der Waals surface area contributed by atoms with Crippen LogP contribution in [0.1, 0.15) is 0 Å². The number of hydrogen-bond donors (Lipinski definition) is 2. The Morgan fingerprint density at radius 1 is 1.00 bits per heavy atom. The first-order chi connectivity index (χ1) is 9.70. The smallest absolute Gasteiger partial charge is 0.262 e. The summed E-state index contributed by atoms with van der Waals surface area (Å²) < 4.78 is 39.9. The van der Waals surface area contributed by atoms with Gasteiger partial charge in [0, 0.05) is 0 Å². The number of nitrogens with one attached hydrogen (secondary N) is 1. The molecule has 0 heterocycles. The third kappa shape index (κ3) is 3.52. The Hall–Kier alpha value is -1.21. The van der Waals surface area contributed by atoms with Crippen LogP contribution >= 0.6 is 34.8 Å². The number of hydrogen-bond acceptors (Lipinski definition) is 3. The monoisotopic (exact) mass is 368 g/mol. The summed E-state index contributed by atoms with van der Waals surface area (Å²) in [5.41, 5.74) is 5.18. The van der Waals surface area contributed by atoms with Crippen LogP contribution in [0.15, 0.2) is 35.2 Å². The fourth-order valence-corrected chi connectivity index (χ4v) is 3.21. The van der Waals surface area contributed by atoms with Gasteiger partial charge < -0.3 is 5.73 Å². The van der Waals surface area contributed by atoms with Gasteiger partial charge in [-0.25, -0.2) is 12.8 Å². The average molecular weight is 370 g/mol. The van der Waals surface area contributed by atoms with Crippen molar-refractivity contribution in [1.82, 2.24) is 0 Å². The Labute approximate surface area is 135 Å². The highest BCUT2D eigenvalue weighted by Gasteiger charge is 2.18. The lowest BCUT2D eigenvalue weighted by molar-refractivity contribution is 0.596. The maximum absolute atomic E-state index is 13.4. The largest absolute Gasteiger partial charge is 0.396 e. The SMILES string of the molecule is Nc1ccc(S(=O)(=O)Nc2cc(Cl)c(Cl)cc2Cl)cc1F. The maximum atomic E-state index is 13.4. The molecule has 9 heteroatoms. The van der Waals surface area contributed by atoms with E-state index in [2.05, 4.69) is 4.72 Å². The Balaban J connectivity index is 2.42. The van der Waals surface area contributed by atoms with Gasteiger partial charge in [-0.15, -0.1) is 0 Å². The first kappa shape index (κ1) is 16.2. The Morgan fingerprint density at radius 2 is 1.62 bits per heavy atom. The minimum atomic E-state index is -4.04. The van der Waals surface area contributed by atoms with Crippen LogP contribution in [0.3, 0.4) is 0 Å². The van der Waals surface area contributed by atoms with Crippen molar-refractivity contribution < 1.29 is 12.8 Å². The number of sulfonamides is 1. The molecule has 0 aliphatic rings. The van der Waals surface area contributed by atoms with Crippen LogP contribution in [0.25, 0.3) is 0 Å². The molecular formula is C12H8Cl3FN2O2S. The molecule has 21 heavy (non-hydrogen) atoms. The zero-order valence-electron chi connectivity index (χ0n) is 10.2. The number of nitrogen functional groups attached to an aromatic ring is 1. The molecule has 0 saturated carbocycles. The summed E-state index contributed by atoms with van der Waals surface area (Å²) in [5.74, 6) is -0.835. The Kier molecular flexibility index (Phi) is 4.53. The summed E-state index contributed by atoms with van der Waals surface area (Å²) in [5, 5.41) is 0.370. The predicted octanol–water partition coefficient (Wildman–Crippen LogP) is 4.17. The molecule has 2 aromatic rings. The summed E-state index contributed by atoms with van der Waals surface area (Å²) in [7, 11) is -4.04. The lowest BCUT2D eigenvalue weighted by atomic mass is 10.3. The second-order valence-electron chi connectivity index (χ2n) is 4.03. The molecule has 0 fully saturated rings. The molecule has 4 nitrogen and oxygen atoms in total. The highest BCUT2D eigenvalue weighted by molar-refractivity contribution is 7.92. The van der Waals surface area contributed by atoms with Crippen molar-refractivity contribution in [3.8, 4) is 0 Å². The first-order valence-electron chi connectivity index (χ1n) is 5.43. The van der Waals surface area contributed by atoms with Gasteiger partial charge in [-0.2, -0.15) is 0 Å². The quantitative estimate of drug-likeness (QED) is 0.630. The minimum Gasteiger partial charge on any atom is -0.396 e. The van der Waals surface area contributed by atoms with Crippen molar-refractivity contribution in [3.63, 3.8) is 0 Å². The summed E-state index contributed by atoms with van der Waals surface area (Å²) in [6.45, 7) is 0. The van der Waals surface area contributed by atoms with Crippen LogP contribution < -0.4 is 10.5 Å². The summed E-state index contributed by atoms with van der Waals surface area (Å²) >= 11 is 17.4. The third-order valence-corrected chi connectivity index (χ3v) is 4.93. The van der Waals surface area contributed by atoms with Gasteiger partial charge in [-0.3, -0.25) is 4.72 Å². The lowest BCUT2D eigenvalue weighted by Crippen LogP contribution is -2.13. The van der Waals surface area contributed by atoms with Crippen LogP contribution in [-0.2, 0) is 10.0 Å². The third-order valence-electron chi connectivity index (χ3n) is 2.54. The molecule has 0 amide bonds. The topological polar surface area (TPSA) is 72.2 Å². The van der Waals surface area contributed by atoms with Crippen LogP contribution in [0.2, 0.25) is 15.1 Å². The average Bonchev–Trinajstić information content (AvgIpc) is 2.39. The first-order valence-corrected chi connectivity index (χ1v) is 8.05. The van der Waals surface area contributed by atoms with Crippen molar-refractivity contribution in [2.75, 3.05) is 10.5 Å². The van der Waals surface area contributed by atoms with Crippen LogP contribution in [-0.4, -0.2) is 8.42 Å². The van der Waals surface area contributed by atoms with Gasteiger partial charge in [0.05, 0.1) is 31.3 Å². The van der Waals surface area contributed by atoms with Crippen LogP contribution in [0, 0.1) is 5.82 Å². The minimum absolute atomic E-state index is 0.0308. The highest BCUT2D eigenvalue weighted by atomic mass is 35.5. The molecule has 2 aromatic carbocycles. The van der Waals surface area contributed by atoms with Crippen LogP contribution in [0.5, 0.6) is 0 Å². The summed E-state index contributed by atoms with van der Waals surface area (Å²) in [6, 6.07) is 5.69. The van der Waals surface area contributed by atoms with Crippen molar-refractivity contribution in [2.45, 2.75) is 4.90 Å². The molecule has 0 unspecified atom stereocenters. The van der Waals surface area contributed by atoms with E-state index in [1.807, 2.05) is 0 Å². The molecule has 3 N–H and O–H groups in total. The fraction of sp³-hybridized carbons (Fsp3) is 0. The van der Waals surface area contributed by atoms with Crippen molar-refractivity contribution in [3.05, 3.63) is 51.2 Å². The van der Waals surface area contributed by atoms with Gasteiger partial charge >= 0.3 is 0 Å². The zero-order chi connectivity index (χ0) is 15.8. The van der Waals surface area contributed by atoms with Gasteiger partial charge in [-0.05, 0) is 30.3 Å². The molecule has 0 aliphatic carbocycles. The maximum Gasteiger partial charge on any atom is 0.262 e. The predicted molar refractivity (Wildman–Crippen MR) is 83.1 cm³/mol. The zero-order valence-corrected chi connectivity index (χ0v) is 13.3. The van der Waals surface area contributed by atoms with Crippen molar-refractivity contribution in [1.29, 1.82) is 0 Å². The van der Waals surface area contributed by atoms with E-state index in [-0.39, 0.29) is 31.3 Å². The standard InChI is InChI=1S/C12H8Cl3FN2O2S/c13-7-4-9(15)12(5-8(7)14)18-21(19,20)6-1-2-11(17)10(16)3-6/h1-5,18H,17H2. The van der Waals surface area contributed by atoms with Gasteiger partial charge in [0.25, 0.3) is 10.0 Å². The normalized spacial score (nSPS) is 11.4. The molecular weight excluding hydrogens is 362 g/mol. The van der Waals surface area contributed by atoms with Gasteiger partial charge in [0.15, 0.2) is 0 Å². The molecule has 0 radical (unpaired) electrons. The Bertz CT molecular complexity index is 812. The van der Waals surface area contributed by atoms with E-state index in [9.17, 15) is 12.8 Å². The number of benzene rings is 2. The van der Waals surface area contributed by atoms with E-state index < -0.39 is 15.8 Å². The lowest BCUT2D eigenvalue weighted by Gasteiger charge is -2.11. The summed E-state index contributed by atoms with van der Waals surface area (Å²) in [6.07, 6.45) is 0. The van der Waals surface area contributed by atoms with E-state index in [1.165, 1.54) is 18.2 Å². The molecule has 0 atom stereocenters. The van der Waals surface area contributed by atoms with E-state index in [0.29, 0.717) is 0 Å². The molecule has 0 saturated heterocycles. The number of nitrogens with two attached hydrogens (primary N) is 1. The fourth-order valence-electron chi connectivity index (χ4n) is 1.48. The summed E-state index contributed by atoms with van der Waals surface area (Å²) in [4.78, 5) is -0.295. The molecule has 0 aromatic heterocycles.